The fourth-order valence-electron chi connectivity index (χ4n) is 1.10. The van der Waals surface area contributed by atoms with Gasteiger partial charge in [-0.25, -0.2) is 4.39 Å². The number of aryl methyl sites for hydroxylation is 1. The maximum absolute atomic E-state index is 12.3. The summed E-state index contributed by atoms with van der Waals surface area (Å²) in [5.41, 5.74) is -1.25. The zero-order valence-electron chi connectivity index (χ0n) is 7.61. The van der Waals surface area contributed by atoms with Crippen molar-refractivity contribution in [1.29, 1.82) is 0 Å². The Morgan fingerprint density at radius 2 is 2.07 bits per heavy atom. The van der Waals surface area contributed by atoms with Gasteiger partial charge >= 0.3 is 6.36 Å². The lowest BCUT2D eigenvalue weighted by molar-refractivity contribution is -0.275. The fourth-order valence-corrected chi connectivity index (χ4v) is 1.10. The lowest BCUT2D eigenvalue weighted by atomic mass is 10.2. The van der Waals surface area contributed by atoms with E-state index in [0.717, 1.165) is 6.07 Å². The van der Waals surface area contributed by atoms with Crippen molar-refractivity contribution in [2.24, 2.45) is 0 Å². The Hall–Kier alpha value is -1.53. The van der Waals surface area contributed by atoms with E-state index in [4.69, 9.17) is 0 Å². The minimum Gasteiger partial charge on any atom is -0.404 e. The molecule has 0 aliphatic carbocycles. The normalized spacial score (nSPS) is 11.5. The Bertz CT molecular complexity index is 410. The summed E-state index contributed by atoms with van der Waals surface area (Å²) in [6.45, 7) is -0.00218. The molecule has 0 amide bonds. The number of nitrogens with one attached hydrogen (secondary N) is 1. The van der Waals surface area contributed by atoms with Crippen LogP contribution in [0, 0.1) is 6.92 Å². The summed E-state index contributed by atoms with van der Waals surface area (Å²) >= 11 is 0. The van der Waals surface area contributed by atoms with Gasteiger partial charge in [0.05, 0.1) is 5.69 Å². The third-order valence-electron chi connectivity index (χ3n) is 1.61. The number of H-pyrrole nitrogens is 1. The summed E-state index contributed by atoms with van der Waals surface area (Å²) in [5.74, 6) is -0.690. The third-order valence-corrected chi connectivity index (χ3v) is 1.61. The molecule has 84 valence electrons. The standard InChI is InChI=1S/C8H7F4NO2/c1-4-7(15-8(10,11)12)5(3-9)2-6(14)13-4/h2H,3H2,1H3,(H,13,14). The van der Waals surface area contributed by atoms with E-state index in [9.17, 15) is 22.4 Å². The molecule has 1 aromatic rings. The highest BCUT2D eigenvalue weighted by Gasteiger charge is 2.33. The van der Waals surface area contributed by atoms with Gasteiger partial charge in [-0.1, -0.05) is 0 Å². The molecule has 0 spiro atoms. The van der Waals surface area contributed by atoms with Gasteiger partial charge < -0.3 is 9.72 Å². The molecule has 0 atom stereocenters. The molecule has 0 bridgehead atoms. The monoisotopic (exact) mass is 225 g/mol. The van der Waals surface area contributed by atoms with E-state index in [1.807, 2.05) is 0 Å². The van der Waals surface area contributed by atoms with Crippen LogP contribution in [0.3, 0.4) is 0 Å². The predicted octanol–water partition coefficient (Wildman–Crippen LogP) is 2.05. The highest BCUT2D eigenvalue weighted by molar-refractivity contribution is 5.35. The van der Waals surface area contributed by atoms with Crippen molar-refractivity contribution in [3.05, 3.63) is 27.7 Å². The predicted molar refractivity (Wildman–Crippen MR) is 43.3 cm³/mol. The molecule has 1 aromatic heterocycles. The first kappa shape index (κ1) is 11.5. The van der Waals surface area contributed by atoms with Gasteiger partial charge in [0.1, 0.15) is 6.67 Å². The maximum Gasteiger partial charge on any atom is 0.573 e. The van der Waals surface area contributed by atoms with Gasteiger partial charge in [-0.2, -0.15) is 0 Å². The minimum atomic E-state index is -4.91. The third kappa shape index (κ3) is 2.97. The Balaban J connectivity index is 3.21. The Kier molecular flexibility index (Phi) is 3.01. The number of alkyl halides is 4. The molecule has 0 aromatic carbocycles. The summed E-state index contributed by atoms with van der Waals surface area (Å²) < 4.78 is 51.6. The summed E-state index contributed by atoms with van der Waals surface area (Å²) in [7, 11) is 0. The molecule has 0 aliphatic rings. The van der Waals surface area contributed by atoms with Gasteiger partial charge in [0.2, 0.25) is 5.56 Å². The number of hydrogen-bond acceptors (Lipinski definition) is 2. The Morgan fingerprint density at radius 3 is 2.53 bits per heavy atom. The van der Waals surface area contributed by atoms with Crippen LogP contribution in [0.5, 0.6) is 5.75 Å². The second-order valence-electron chi connectivity index (χ2n) is 2.79. The second kappa shape index (κ2) is 3.92. The van der Waals surface area contributed by atoms with Gasteiger partial charge in [0, 0.05) is 11.6 Å². The van der Waals surface area contributed by atoms with Gasteiger partial charge in [0.25, 0.3) is 0 Å². The molecule has 0 saturated carbocycles. The molecule has 0 saturated heterocycles. The van der Waals surface area contributed by atoms with Gasteiger partial charge in [-0.3, -0.25) is 4.79 Å². The molecule has 0 radical (unpaired) electrons. The van der Waals surface area contributed by atoms with Crippen LogP contribution >= 0.6 is 0 Å². The second-order valence-corrected chi connectivity index (χ2v) is 2.79. The van der Waals surface area contributed by atoms with E-state index in [-0.39, 0.29) is 5.69 Å². The van der Waals surface area contributed by atoms with E-state index in [0.29, 0.717) is 0 Å². The van der Waals surface area contributed by atoms with E-state index in [1.54, 1.807) is 0 Å². The topological polar surface area (TPSA) is 42.1 Å². The van der Waals surface area contributed by atoms with Gasteiger partial charge in [-0.15, -0.1) is 13.2 Å². The van der Waals surface area contributed by atoms with E-state index in [1.165, 1.54) is 6.92 Å². The SMILES string of the molecule is Cc1[nH]c(=O)cc(CF)c1OC(F)(F)F. The van der Waals surface area contributed by atoms with E-state index >= 15 is 0 Å². The van der Waals surface area contributed by atoms with Crippen molar-refractivity contribution < 1.29 is 22.3 Å². The van der Waals surface area contributed by atoms with Crippen LogP contribution < -0.4 is 10.3 Å². The van der Waals surface area contributed by atoms with Gasteiger partial charge in [0.15, 0.2) is 5.75 Å². The molecular weight excluding hydrogens is 218 g/mol. The molecule has 0 fully saturated rings. The summed E-state index contributed by atoms with van der Waals surface area (Å²) in [6.07, 6.45) is -4.91. The number of aromatic amines is 1. The molecule has 7 heteroatoms. The number of pyridine rings is 1. The number of ether oxygens (including phenoxy) is 1. The highest BCUT2D eigenvalue weighted by Crippen LogP contribution is 2.28. The average molecular weight is 225 g/mol. The average Bonchev–Trinajstić information content (AvgIpc) is 2.07. The van der Waals surface area contributed by atoms with Crippen molar-refractivity contribution >= 4 is 0 Å². The van der Waals surface area contributed by atoms with E-state index in [2.05, 4.69) is 9.72 Å². The molecule has 1 rings (SSSR count). The largest absolute Gasteiger partial charge is 0.573 e. The first-order valence-corrected chi connectivity index (χ1v) is 3.88. The first-order chi connectivity index (χ1) is 6.83. The van der Waals surface area contributed by atoms with Crippen LogP contribution in [-0.4, -0.2) is 11.3 Å². The molecule has 15 heavy (non-hydrogen) atoms. The minimum absolute atomic E-state index is 0.160. The van der Waals surface area contributed by atoms with Crippen LogP contribution in [0.1, 0.15) is 11.3 Å². The van der Waals surface area contributed by atoms with Crippen LogP contribution in [0.15, 0.2) is 10.9 Å². The number of rotatable bonds is 2. The summed E-state index contributed by atoms with van der Waals surface area (Å²) in [5, 5.41) is 0. The van der Waals surface area contributed by atoms with Crippen molar-refractivity contribution in [2.75, 3.05) is 0 Å². The first-order valence-electron chi connectivity index (χ1n) is 3.88. The molecule has 0 unspecified atom stereocenters. The highest BCUT2D eigenvalue weighted by atomic mass is 19.4. The zero-order chi connectivity index (χ0) is 11.6. The smallest absolute Gasteiger partial charge is 0.404 e. The van der Waals surface area contributed by atoms with Crippen molar-refractivity contribution in [3.8, 4) is 5.75 Å². The van der Waals surface area contributed by atoms with Crippen LogP contribution in [0.4, 0.5) is 17.6 Å². The summed E-state index contributed by atoms with van der Waals surface area (Å²) in [4.78, 5) is 12.9. The Labute approximate surface area is 81.7 Å². The van der Waals surface area contributed by atoms with Gasteiger partial charge in [-0.05, 0) is 6.92 Å². The summed E-state index contributed by atoms with van der Waals surface area (Å²) in [6, 6.07) is 0.730. The maximum atomic E-state index is 12.3. The van der Waals surface area contributed by atoms with Crippen LogP contribution in [0.25, 0.3) is 0 Å². The fraction of sp³-hybridized carbons (Fsp3) is 0.375. The van der Waals surface area contributed by atoms with Crippen molar-refractivity contribution in [1.82, 2.24) is 4.98 Å². The van der Waals surface area contributed by atoms with Crippen molar-refractivity contribution in [3.63, 3.8) is 0 Å². The van der Waals surface area contributed by atoms with Crippen LogP contribution in [-0.2, 0) is 6.67 Å². The quantitative estimate of drug-likeness (QED) is 0.782. The number of aromatic nitrogens is 1. The lowest BCUT2D eigenvalue weighted by Crippen LogP contribution is -2.21. The molecular formula is C8H7F4NO2. The molecule has 1 heterocycles. The number of hydrogen-bond donors (Lipinski definition) is 1. The van der Waals surface area contributed by atoms with Crippen LogP contribution in [0.2, 0.25) is 0 Å². The number of halogens is 4. The van der Waals surface area contributed by atoms with E-state index < -0.39 is 29.9 Å². The van der Waals surface area contributed by atoms with Crippen molar-refractivity contribution in [2.45, 2.75) is 20.0 Å². The Morgan fingerprint density at radius 1 is 1.47 bits per heavy atom. The molecule has 1 N–H and O–H groups in total. The zero-order valence-corrected chi connectivity index (χ0v) is 7.61. The molecule has 3 nitrogen and oxygen atoms in total. The lowest BCUT2D eigenvalue weighted by Gasteiger charge is -2.13. The molecule has 0 aliphatic heterocycles.